The quantitative estimate of drug-likeness (QED) is 0.0834. The van der Waals surface area contributed by atoms with Crippen molar-refractivity contribution in [1.29, 1.82) is 0 Å². The molecule has 0 aromatic carbocycles. The van der Waals surface area contributed by atoms with Crippen molar-refractivity contribution in [3.63, 3.8) is 0 Å². The Kier molecular flexibility index (Phi) is 15.0. The van der Waals surface area contributed by atoms with E-state index in [9.17, 15) is 56.5 Å². The van der Waals surface area contributed by atoms with Gasteiger partial charge in [-0.1, -0.05) is 26.7 Å². The van der Waals surface area contributed by atoms with Gasteiger partial charge in [-0.3, -0.25) is 28.8 Å². The van der Waals surface area contributed by atoms with E-state index in [0.717, 1.165) is 37.4 Å². The van der Waals surface area contributed by atoms with Crippen LogP contribution in [0, 0.1) is 0 Å². The summed E-state index contributed by atoms with van der Waals surface area (Å²) >= 11 is 0. The van der Waals surface area contributed by atoms with E-state index in [1.165, 1.54) is 0 Å². The lowest BCUT2D eigenvalue weighted by Crippen LogP contribution is -2.42. The highest BCUT2D eigenvalue weighted by molar-refractivity contribution is 5.83. The molecule has 0 radical (unpaired) electrons. The Morgan fingerprint density at radius 2 is 1.23 bits per heavy atom. The monoisotopic (exact) mass is 807 g/mol. The number of hydrogen-bond acceptors (Lipinski definition) is 16. The van der Waals surface area contributed by atoms with Gasteiger partial charge in [0, 0.05) is 12.4 Å². The first-order valence-electron chi connectivity index (χ1n) is 17.5. The first-order valence-corrected chi connectivity index (χ1v) is 17.5. The summed E-state index contributed by atoms with van der Waals surface area (Å²) in [5.74, 6) is -11.4. The van der Waals surface area contributed by atoms with E-state index in [0.29, 0.717) is 22.0 Å². The van der Waals surface area contributed by atoms with Crippen molar-refractivity contribution < 1.29 is 75.4 Å². The summed E-state index contributed by atoms with van der Waals surface area (Å²) in [4.78, 5) is 80.3. The summed E-state index contributed by atoms with van der Waals surface area (Å²) < 4.78 is 90.4. The molecule has 4 rings (SSSR count). The van der Waals surface area contributed by atoms with E-state index < -0.39 is 117 Å². The number of halogens is 4. The molecule has 6 atom stereocenters. The number of rotatable bonds is 18. The summed E-state index contributed by atoms with van der Waals surface area (Å²) in [5, 5.41) is 22.6. The highest BCUT2D eigenvalue weighted by Crippen LogP contribution is 2.43. The third-order valence-corrected chi connectivity index (χ3v) is 8.38. The second kappa shape index (κ2) is 19.2. The molecule has 2 saturated heterocycles. The van der Waals surface area contributed by atoms with Crippen LogP contribution in [0.5, 0.6) is 0 Å². The number of carbonyl (C=O) groups is 4. The Balaban J connectivity index is 1.23. The largest absolute Gasteiger partial charge is 0.465 e. The van der Waals surface area contributed by atoms with E-state index in [-0.39, 0.29) is 24.7 Å². The second-order valence-electron chi connectivity index (χ2n) is 12.6. The van der Waals surface area contributed by atoms with Crippen molar-refractivity contribution in [3.8, 4) is 0 Å². The molecule has 2 fully saturated rings. The van der Waals surface area contributed by atoms with Gasteiger partial charge >= 0.3 is 47.2 Å². The Hall–Kier alpha value is -5.00. The van der Waals surface area contributed by atoms with Gasteiger partial charge in [-0.05, 0) is 25.0 Å². The molecule has 0 unspecified atom stereocenters. The first kappa shape index (κ1) is 43.7. The van der Waals surface area contributed by atoms with E-state index in [1.807, 2.05) is 13.8 Å². The fourth-order valence-electron chi connectivity index (χ4n) is 5.28. The second-order valence-corrected chi connectivity index (χ2v) is 12.6. The number of aromatic nitrogens is 4. The number of nitrogens with one attached hydrogen (secondary N) is 1. The molecule has 310 valence electrons. The first-order chi connectivity index (χ1) is 26.5. The number of aliphatic hydroxyl groups excluding tert-OH is 2. The molecule has 2 aliphatic heterocycles. The Labute approximate surface area is 314 Å². The van der Waals surface area contributed by atoms with Crippen LogP contribution in [0.2, 0.25) is 0 Å². The number of hydrogen-bond donors (Lipinski definition) is 3. The minimum absolute atomic E-state index is 0.0544. The third-order valence-electron chi connectivity index (χ3n) is 8.38. The molecule has 19 nitrogen and oxygen atoms in total. The van der Waals surface area contributed by atoms with Gasteiger partial charge in [0.1, 0.15) is 31.2 Å². The molecule has 0 bridgehead atoms. The van der Waals surface area contributed by atoms with Crippen molar-refractivity contribution in [2.24, 2.45) is 0 Å². The average Bonchev–Trinajstić information content (AvgIpc) is 3.50. The van der Waals surface area contributed by atoms with Crippen molar-refractivity contribution >= 4 is 29.8 Å². The molecular weight excluding hydrogens is 766 g/mol. The number of aliphatic hydroxyl groups is 2. The maximum absolute atomic E-state index is 15.0. The lowest BCUT2D eigenvalue weighted by molar-refractivity contribution is -0.157. The maximum Gasteiger partial charge on any atom is 0.412 e. The van der Waals surface area contributed by atoms with Crippen molar-refractivity contribution in [2.45, 2.75) is 108 Å². The summed E-state index contributed by atoms with van der Waals surface area (Å²) in [6, 6.07) is 2.14. The van der Waals surface area contributed by atoms with Crippen molar-refractivity contribution in [3.05, 3.63) is 51.2 Å². The van der Waals surface area contributed by atoms with E-state index in [1.54, 1.807) is 0 Å². The van der Waals surface area contributed by atoms with Crippen molar-refractivity contribution in [2.75, 3.05) is 31.7 Å². The van der Waals surface area contributed by atoms with Gasteiger partial charge in [-0.2, -0.15) is 27.5 Å². The van der Waals surface area contributed by atoms with Gasteiger partial charge in [0.25, 0.3) is 0 Å². The Morgan fingerprint density at radius 1 is 0.750 bits per heavy atom. The lowest BCUT2D eigenvalue weighted by Gasteiger charge is -2.21. The van der Waals surface area contributed by atoms with Gasteiger partial charge in [0.05, 0.1) is 38.2 Å². The van der Waals surface area contributed by atoms with Crippen LogP contribution in [-0.2, 0) is 49.2 Å². The van der Waals surface area contributed by atoms with Gasteiger partial charge < -0.3 is 38.6 Å². The number of anilines is 1. The Morgan fingerprint density at radius 3 is 1.71 bits per heavy atom. The number of carbonyl (C=O) groups excluding carboxylic acids is 4. The van der Waals surface area contributed by atoms with Crippen LogP contribution in [0.15, 0.2) is 34.1 Å². The van der Waals surface area contributed by atoms with E-state index in [4.69, 9.17) is 28.4 Å². The summed E-state index contributed by atoms with van der Waals surface area (Å²) in [6.07, 6.45) is -11.8. The molecule has 4 heterocycles. The molecule has 1 amide bonds. The standard InChI is InChI=1S/C33H41F4N5O14/c1-3-5-13-51-24(45)15-18-9-11-41(29(48)38-18)27-32(34,35)25(46)19(55-27)16-53-22(43)7-8-23(44)54-17-20-26(47)33(36,37)28(56-20)42-12-10-21(39-30(42)49)40-31(50)52-14-6-4-2/h9-12,19-20,25-28,46-47H,3-8,13-17H2,1-2H3,(H,39,40,49,50)/t19-,20+,25-,26+,27-,28+/m1/s1. The molecule has 0 spiro atoms. The van der Waals surface area contributed by atoms with Gasteiger partial charge in [0.2, 0.25) is 12.5 Å². The summed E-state index contributed by atoms with van der Waals surface area (Å²) in [5.41, 5.74) is -2.55. The van der Waals surface area contributed by atoms with Crippen LogP contribution in [0.1, 0.15) is 70.5 Å². The molecule has 23 heteroatoms. The molecule has 2 aromatic heterocycles. The zero-order valence-corrected chi connectivity index (χ0v) is 30.1. The molecule has 3 N–H and O–H groups in total. The molecule has 2 aromatic rings. The van der Waals surface area contributed by atoms with Gasteiger partial charge in [0.15, 0.2) is 12.2 Å². The average molecular weight is 808 g/mol. The number of alkyl halides is 4. The van der Waals surface area contributed by atoms with Gasteiger partial charge in [-0.25, -0.2) is 14.4 Å². The number of nitrogens with zero attached hydrogens (tertiary/aromatic N) is 4. The predicted octanol–water partition coefficient (Wildman–Crippen LogP) is 1.39. The van der Waals surface area contributed by atoms with E-state index in [2.05, 4.69) is 15.3 Å². The summed E-state index contributed by atoms with van der Waals surface area (Å²) in [6.45, 7) is 2.15. The highest BCUT2D eigenvalue weighted by Gasteiger charge is 2.61. The van der Waals surface area contributed by atoms with Gasteiger partial charge in [-0.15, -0.1) is 0 Å². The van der Waals surface area contributed by atoms with E-state index >= 15 is 0 Å². The fourth-order valence-corrected chi connectivity index (χ4v) is 5.28. The van der Waals surface area contributed by atoms with Crippen LogP contribution in [0.3, 0.4) is 0 Å². The van der Waals surface area contributed by atoms with Crippen LogP contribution >= 0.6 is 0 Å². The zero-order valence-electron chi connectivity index (χ0n) is 30.1. The van der Waals surface area contributed by atoms with Crippen molar-refractivity contribution in [1.82, 2.24) is 19.1 Å². The maximum atomic E-state index is 15.0. The lowest BCUT2D eigenvalue weighted by atomic mass is 10.1. The predicted molar refractivity (Wildman–Crippen MR) is 177 cm³/mol. The molecule has 56 heavy (non-hydrogen) atoms. The molecule has 0 aliphatic carbocycles. The number of ether oxygens (including phenoxy) is 6. The number of esters is 3. The third kappa shape index (κ3) is 10.9. The minimum Gasteiger partial charge on any atom is -0.465 e. The normalized spacial score (nSPS) is 23.6. The number of unbranched alkanes of at least 4 members (excludes halogenated alkanes) is 2. The van der Waals surface area contributed by atoms with Crippen LogP contribution in [-0.4, -0.2) is 116 Å². The molecular formula is C33H41F4N5O14. The molecule has 2 aliphatic rings. The SMILES string of the molecule is CCCCOC(=O)Cc1ccn([C@@H]2O[C@H](COC(=O)CCC(=O)OC[C@@H]3O[C@H](n4ccc(NC(=O)OCCCC)nc4=O)C(F)(F)[C@H]3O)[C@@H](O)C2(F)F)c(=O)n1. The molecule has 0 saturated carbocycles. The highest BCUT2D eigenvalue weighted by atomic mass is 19.3. The van der Waals surface area contributed by atoms with Crippen LogP contribution in [0.25, 0.3) is 0 Å². The topological polar surface area (TPSA) is 246 Å². The van der Waals surface area contributed by atoms with Crippen LogP contribution < -0.4 is 16.7 Å². The minimum atomic E-state index is -4.08. The summed E-state index contributed by atoms with van der Waals surface area (Å²) in [7, 11) is 0. The number of amides is 1. The zero-order chi connectivity index (χ0) is 41.2. The van der Waals surface area contributed by atoms with Crippen LogP contribution in [0.4, 0.5) is 28.2 Å². The Bertz CT molecular complexity index is 1700. The smallest absolute Gasteiger partial charge is 0.412 e. The fraction of sp³-hybridized carbons (Fsp3) is 0.636.